The van der Waals surface area contributed by atoms with Crippen molar-refractivity contribution in [2.24, 2.45) is 0 Å². The lowest BCUT2D eigenvalue weighted by Gasteiger charge is -2.21. The van der Waals surface area contributed by atoms with Crippen molar-refractivity contribution in [3.63, 3.8) is 0 Å². The molecule has 2 aromatic carbocycles. The van der Waals surface area contributed by atoms with Crippen LogP contribution in [0.15, 0.2) is 56.9 Å². The van der Waals surface area contributed by atoms with Crippen LogP contribution in [0.25, 0.3) is 10.9 Å². The summed E-state index contributed by atoms with van der Waals surface area (Å²) in [5.41, 5.74) is -1.16. The number of aromatic amines is 2. The summed E-state index contributed by atoms with van der Waals surface area (Å²) in [7, 11) is -1.16. The number of aliphatic hydroxyl groups excluding tert-OH is 1. The Morgan fingerprint density at radius 2 is 1.83 bits per heavy atom. The number of nitrogens with zero attached hydrogens (tertiary/aromatic N) is 1. The molecule has 1 atom stereocenters. The van der Waals surface area contributed by atoms with E-state index in [1.54, 1.807) is 24.3 Å². The summed E-state index contributed by atoms with van der Waals surface area (Å²) in [6.07, 6.45) is -1.10. The number of nitrogens with one attached hydrogen (secondary N) is 2. The van der Waals surface area contributed by atoms with Crippen LogP contribution in [0.1, 0.15) is 0 Å². The fourth-order valence-electron chi connectivity index (χ4n) is 2.82. The van der Waals surface area contributed by atoms with Gasteiger partial charge in [-0.2, -0.15) is 4.31 Å². The summed E-state index contributed by atoms with van der Waals surface area (Å²) >= 11 is 0. The highest BCUT2D eigenvalue weighted by Gasteiger charge is 2.24. The second kappa shape index (κ2) is 8.69. The smallest absolute Gasteiger partial charge is 0.326 e. The first-order chi connectivity index (χ1) is 14.2. The third kappa shape index (κ3) is 4.70. The summed E-state index contributed by atoms with van der Waals surface area (Å²) in [6, 6.07) is 10.6. The molecule has 0 aliphatic rings. The molecule has 160 valence electrons. The highest BCUT2D eigenvalue weighted by atomic mass is 32.2. The van der Waals surface area contributed by atoms with Crippen LogP contribution >= 0.6 is 0 Å². The maximum Gasteiger partial charge on any atom is 0.326 e. The molecule has 0 saturated heterocycles. The number of sulfonamides is 1. The van der Waals surface area contributed by atoms with E-state index < -0.39 is 27.4 Å². The molecule has 0 radical (unpaired) electrons. The van der Waals surface area contributed by atoms with Crippen LogP contribution in [0.3, 0.4) is 0 Å². The number of H-pyrrole nitrogens is 2. The van der Waals surface area contributed by atoms with E-state index in [4.69, 9.17) is 9.47 Å². The van der Waals surface area contributed by atoms with E-state index in [2.05, 4.69) is 9.97 Å². The average molecular weight is 435 g/mol. The number of aliphatic hydroxyl groups is 1. The van der Waals surface area contributed by atoms with Crippen molar-refractivity contribution in [1.29, 1.82) is 0 Å². The fourth-order valence-corrected chi connectivity index (χ4v) is 4.05. The Bertz CT molecular complexity index is 1270. The minimum Gasteiger partial charge on any atom is -0.497 e. The predicted octanol–water partition coefficient (Wildman–Crippen LogP) is 0.285. The Balaban J connectivity index is 1.72. The lowest BCUT2D eigenvalue weighted by atomic mass is 10.2. The van der Waals surface area contributed by atoms with Crippen LogP contribution in [0, 0.1) is 0 Å². The highest BCUT2D eigenvalue weighted by Crippen LogP contribution is 2.20. The molecular formula is C19H21N3O7S. The van der Waals surface area contributed by atoms with Gasteiger partial charge in [-0.05, 0) is 30.3 Å². The Hall–Kier alpha value is -3.15. The zero-order chi connectivity index (χ0) is 21.9. The molecule has 0 amide bonds. The molecule has 3 aromatic rings. The van der Waals surface area contributed by atoms with Crippen LogP contribution in [0.5, 0.6) is 11.5 Å². The third-order valence-electron chi connectivity index (χ3n) is 4.37. The van der Waals surface area contributed by atoms with Crippen LogP contribution in [0.4, 0.5) is 0 Å². The summed E-state index contributed by atoms with van der Waals surface area (Å²) in [6.45, 7) is -0.363. The standard InChI is InChI=1S/C19H21N3O7S/c1-22(10-12(23)11-29-14-5-3-4-13(8-14)28-2)30(26,27)15-6-7-17-16(9-15)18(24)21-19(25)20-17/h3-9,12,23H,10-11H2,1-2H3,(H2,20,21,24,25)/t12-/m0/s1. The molecular weight excluding hydrogens is 414 g/mol. The Morgan fingerprint density at radius 1 is 1.10 bits per heavy atom. The van der Waals surface area contributed by atoms with E-state index >= 15 is 0 Å². The van der Waals surface area contributed by atoms with Gasteiger partial charge in [0.15, 0.2) is 0 Å². The number of benzene rings is 2. The summed E-state index contributed by atoms with van der Waals surface area (Å²) in [4.78, 5) is 27.6. The van der Waals surface area contributed by atoms with Gasteiger partial charge in [0, 0.05) is 19.7 Å². The summed E-state index contributed by atoms with van der Waals surface area (Å²) in [5.74, 6) is 1.07. The van der Waals surface area contributed by atoms with Crippen molar-refractivity contribution in [3.8, 4) is 11.5 Å². The van der Waals surface area contributed by atoms with E-state index in [9.17, 15) is 23.1 Å². The number of ether oxygens (including phenoxy) is 2. The van der Waals surface area contributed by atoms with Crippen molar-refractivity contribution in [2.45, 2.75) is 11.0 Å². The molecule has 11 heteroatoms. The second-order valence-corrected chi connectivity index (χ2v) is 8.59. The quantitative estimate of drug-likeness (QED) is 0.461. The van der Waals surface area contributed by atoms with Gasteiger partial charge in [-0.1, -0.05) is 6.07 Å². The first kappa shape index (κ1) is 21.6. The van der Waals surface area contributed by atoms with Crippen LogP contribution in [-0.4, -0.2) is 61.2 Å². The molecule has 0 unspecified atom stereocenters. The number of aromatic nitrogens is 2. The summed E-state index contributed by atoms with van der Waals surface area (Å²) in [5, 5.41) is 10.2. The van der Waals surface area contributed by atoms with Crippen molar-refractivity contribution in [1.82, 2.24) is 14.3 Å². The van der Waals surface area contributed by atoms with Gasteiger partial charge in [-0.25, -0.2) is 13.2 Å². The average Bonchev–Trinajstić information content (AvgIpc) is 2.72. The maximum atomic E-state index is 12.8. The van der Waals surface area contributed by atoms with Gasteiger partial charge in [-0.15, -0.1) is 0 Å². The molecule has 10 nitrogen and oxygen atoms in total. The van der Waals surface area contributed by atoms with E-state index in [0.29, 0.717) is 11.5 Å². The summed E-state index contributed by atoms with van der Waals surface area (Å²) < 4.78 is 37.2. The zero-order valence-corrected chi connectivity index (χ0v) is 17.1. The van der Waals surface area contributed by atoms with Gasteiger partial charge in [0.25, 0.3) is 5.56 Å². The molecule has 1 aromatic heterocycles. The molecule has 0 aliphatic heterocycles. The molecule has 0 fully saturated rings. The monoisotopic (exact) mass is 435 g/mol. The fraction of sp³-hybridized carbons (Fsp3) is 0.263. The molecule has 0 saturated carbocycles. The van der Waals surface area contributed by atoms with Crippen LogP contribution in [-0.2, 0) is 10.0 Å². The predicted molar refractivity (Wildman–Crippen MR) is 110 cm³/mol. The third-order valence-corrected chi connectivity index (χ3v) is 6.19. The van der Waals surface area contributed by atoms with Crippen molar-refractivity contribution >= 4 is 20.9 Å². The number of methoxy groups -OCH3 is 1. The van der Waals surface area contributed by atoms with E-state index in [1.807, 2.05) is 0 Å². The number of rotatable bonds is 8. The number of hydrogen-bond acceptors (Lipinski definition) is 7. The normalized spacial score (nSPS) is 12.8. The number of hydrogen-bond donors (Lipinski definition) is 3. The Labute approximate surface area is 171 Å². The lowest BCUT2D eigenvalue weighted by Crippen LogP contribution is -2.37. The zero-order valence-electron chi connectivity index (χ0n) is 16.3. The van der Waals surface area contributed by atoms with Gasteiger partial charge < -0.3 is 19.6 Å². The van der Waals surface area contributed by atoms with Gasteiger partial charge in [0.1, 0.15) is 24.2 Å². The van der Waals surface area contributed by atoms with Crippen LogP contribution < -0.4 is 20.7 Å². The van der Waals surface area contributed by atoms with E-state index in [-0.39, 0.29) is 29.0 Å². The van der Waals surface area contributed by atoms with Gasteiger partial charge in [0.05, 0.1) is 22.9 Å². The molecule has 3 rings (SSSR count). The Kier molecular flexibility index (Phi) is 6.25. The van der Waals surface area contributed by atoms with E-state index in [0.717, 1.165) is 4.31 Å². The van der Waals surface area contributed by atoms with E-state index in [1.165, 1.54) is 32.4 Å². The maximum absolute atomic E-state index is 12.8. The lowest BCUT2D eigenvalue weighted by molar-refractivity contribution is 0.0934. The van der Waals surface area contributed by atoms with Crippen molar-refractivity contribution in [3.05, 3.63) is 63.3 Å². The van der Waals surface area contributed by atoms with Crippen LogP contribution in [0.2, 0.25) is 0 Å². The SMILES string of the molecule is COc1cccc(OC[C@@H](O)CN(C)S(=O)(=O)c2ccc3[nH]c(=O)[nH]c(=O)c3c2)c1. The first-order valence-corrected chi connectivity index (χ1v) is 10.3. The topological polar surface area (TPSA) is 142 Å². The molecule has 1 heterocycles. The minimum absolute atomic E-state index is 0.0333. The number of likely N-dealkylation sites (N-methyl/N-ethyl adjacent to an activating group) is 1. The largest absolute Gasteiger partial charge is 0.497 e. The molecule has 0 spiro atoms. The molecule has 0 bridgehead atoms. The minimum atomic E-state index is -3.99. The number of fused-ring (bicyclic) bond motifs is 1. The Morgan fingerprint density at radius 3 is 2.57 bits per heavy atom. The van der Waals surface area contributed by atoms with Crippen molar-refractivity contribution < 1.29 is 23.0 Å². The molecule has 3 N–H and O–H groups in total. The second-order valence-electron chi connectivity index (χ2n) is 6.54. The van der Waals surface area contributed by atoms with Crippen molar-refractivity contribution in [2.75, 3.05) is 27.3 Å². The molecule has 30 heavy (non-hydrogen) atoms. The first-order valence-electron chi connectivity index (χ1n) is 8.88. The van der Waals surface area contributed by atoms with Gasteiger partial charge >= 0.3 is 5.69 Å². The highest BCUT2D eigenvalue weighted by molar-refractivity contribution is 7.89. The molecule has 0 aliphatic carbocycles. The van der Waals surface area contributed by atoms with Gasteiger partial charge in [-0.3, -0.25) is 9.78 Å². The van der Waals surface area contributed by atoms with Gasteiger partial charge in [0.2, 0.25) is 10.0 Å².